The highest BCUT2D eigenvalue weighted by atomic mass is 32.2. The van der Waals surface area contributed by atoms with Crippen molar-refractivity contribution < 1.29 is 13.2 Å². The molecular formula is C21H24N2O3S. The summed E-state index contributed by atoms with van der Waals surface area (Å²) in [5, 5.41) is 3.11. The maximum atomic E-state index is 12.7. The van der Waals surface area contributed by atoms with E-state index in [1.54, 1.807) is 30.3 Å². The Morgan fingerprint density at radius 3 is 2.56 bits per heavy atom. The zero-order valence-corrected chi connectivity index (χ0v) is 16.1. The van der Waals surface area contributed by atoms with Crippen molar-refractivity contribution in [2.45, 2.75) is 43.5 Å². The molecule has 0 unspecified atom stereocenters. The summed E-state index contributed by atoms with van der Waals surface area (Å²) in [6.07, 6.45) is 4.71. The smallest absolute Gasteiger partial charge is 0.261 e. The Hall–Kier alpha value is -2.34. The molecule has 2 saturated carbocycles. The van der Waals surface area contributed by atoms with Crippen molar-refractivity contribution in [3.05, 3.63) is 59.7 Å². The van der Waals surface area contributed by atoms with Crippen LogP contribution in [0.3, 0.4) is 0 Å². The molecule has 0 radical (unpaired) electrons. The first kappa shape index (κ1) is 18.0. The van der Waals surface area contributed by atoms with Gasteiger partial charge in [0.2, 0.25) is 0 Å². The number of amides is 1. The number of sulfonamides is 1. The highest BCUT2D eigenvalue weighted by Crippen LogP contribution is 2.44. The van der Waals surface area contributed by atoms with Crippen LogP contribution in [-0.2, 0) is 10.0 Å². The van der Waals surface area contributed by atoms with Crippen LogP contribution < -0.4 is 10.0 Å². The number of hydrogen-bond donors (Lipinski definition) is 2. The lowest BCUT2D eigenvalue weighted by Gasteiger charge is -2.23. The molecular weight excluding hydrogens is 360 g/mol. The molecule has 2 bridgehead atoms. The SMILES string of the molecule is Cc1cccc(NS(=O)(=O)c2cccc(C(=O)N[C@H]3C[C@H]4CC[C@H]3C4)c2)c1. The van der Waals surface area contributed by atoms with E-state index >= 15 is 0 Å². The van der Waals surface area contributed by atoms with Gasteiger partial charge in [-0.3, -0.25) is 9.52 Å². The van der Waals surface area contributed by atoms with Gasteiger partial charge in [0, 0.05) is 17.3 Å². The molecule has 0 aliphatic heterocycles. The van der Waals surface area contributed by atoms with E-state index in [9.17, 15) is 13.2 Å². The summed E-state index contributed by atoms with van der Waals surface area (Å²) < 4.78 is 28.0. The fourth-order valence-electron chi connectivity index (χ4n) is 4.40. The molecule has 6 heteroatoms. The van der Waals surface area contributed by atoms with Gasteiger partial charge in [-0.2, -0.15) is 0 Å². The van der Waals surface area contributed by atoms with Crippen LogP contribution in [0.2, 0.25) is 0 Å². The van der Waals surface area contributed by atoms with Crippen molar-refractivity contribution >= 4 is 21.6 Å². The first-order valence-electron chi connectivity index (χ1n) is 9.41. The number of rotatable bonds is 5. The average molecular weight is 385 g/mol. The molecule has 2 aromatic rings. The van der Waals surface area contributed by atoms with Crippen LogP contribution >= 0.6 is 0 Å². The van der Waals surface area contributed by atoms with Crippen LogP contribution in [0, 0.1) is 18.8 Å². The van der Waals surface area contributed by atoms with E-state index < -0.39 is 10.0 Å². The maximum Gasteiger partial charge on any atom is 0.261 e. The van der Waals surface area contributed by atoms with Gasteiger partial charge in [-0.1, -0.05) is 24.6 Å². The number of aryl methyl sites for hydroxylation is 1. The highest BCUT2D eigenvalue weighted by molar-refractivity contribution is 7.92. The second kappa shape index (κ2) is 7.00. The van der Waals surface area contributed by atoms with E-state index in [0.29, 0.717) is 17.2 Å². The Morgan fingerprint density at radius 2 is 1.85 bits per heavy atom. The number of nitrogens with one attached hydrogen (secondary N) is 2. The van der Waals surface area contributed by atoms with E-state index in [4.69, 9.17) is 0 Å². The van der Waals surface area contributed by atoms with Gasteiger partial charge in [0.25, 0.3) is 15.9 Å². The van der Waals surface area contributed by atoms with Gasteiger partial charge in [-0.05, 0) is 73.9 Å². The third kappa shape index (κ3) is 3.86. The minimum atomic E-state index is -3.75. The van der Waals surface area contributed by atoms with Crippen molar-refractivity contribution in [1.82, 2.24) is 5.32 Å². The largest absolute Gasteiger partial charge is 0.349 e. The fourth-order valence-corrected chi connectivity index (χ4v) is 5.50. The summed E-state index contributed by atoms with van der Waals surface area (Å²) in [5.74, 6) is 1.12. The molecule has 5 nitrogen and oxygen atoms in total. The second-order valence-electron chi connectivity index (χ2n) is 7.76. The summed E-state index contributed by atoms with van der Waals surface area (Å²) >= 11 is 0. The minimum absolute atomic E-state index is 0.0876. The van der Waals surface area contributed by atoms with E-state index in [-0.39, 0.29) is 16.8 Å². The molecule has 4 rings (SSSR count). The van der Waals surface area contributed by atoms with Gasteiger partial charge in [0.15, 0.2) is 0 Å². The number of hydrogen-bond acceptors (Lipinski definition) is 3. The van der Waals surface area contributed by atoms with Crippen LogP contribution in [0.1, 0.15) is 41.6 Å². The zero-order chi connectivity index (χ0) is 19.0. The van der Waals surface area contributed by atoms with Crippen LogP contribution in [0.5, 0.6) is 0 Å². The average Bonchev–Trinajstić information content (AvgIpc) is 3.24. The number of benzene rings is 2. The van der Waals surface area contributed by atoms with Gasteiger partial charge in [0.1, 0.15) is 0 Å². The van der Waals surface area contributed by atoms with Crippen molar-refractivity contribution in [1.29, 1.82) is 0 Å². The van der Waals surface area contributed by atoms with Crippen molar-refractivity contribution in [2.75, 3.05) is 4.72 Å². The fraction of sp³-hybridized carbons (Fsp3) is 0.381. The molecule has 0 spiro atoms. The molecule has 2 N–H and O–H groups in total. The molecule has 0 aromatic heterocycles. The summed E-state index contributed by atoms with van der Waals surface area (Å²) in [5.41, 5.74) is 1.85. The Balaban J connectivity index is 1.50. The number of fused-ring (bicyclic) bond motifs is 2. The first-order chi connectivity index (χ1) is 12.9. The lowest BCUT2D eigenvalue weighted by Crippen LogP contribution is -2.38. The number of carbonyl (C=O) groups is 1. The van der Waals surface area contributed by atoms with E-state index in [1.165, 1.54) is 31.4 Å². The Labute approximate surface area is 160 Å². The van der Waals surface area contributed by atoms with E-state index in [0.717, 1.165) is 17.9 Å². The zero-order valence-electron chi connectivity index (χ0n) is 15.3. The molecule has 0 saturated heterocycles. The first-order valence-corrected chi connectivity index (χ1v) is 10.9. The highest BCUT2D eigenvalue weighted by Gasteiger charge is 2.40. The molecule has 2 aliphatic rings. The monoisotopic (exact) mass is 384 g/mol. The minimum Gasteiger partial charge on any atom is -0.349 e. The molecule has 2 aliphatic carbocycles. The number of carbonyl (C=O) groups excluding carboxylic acids is 1. The van der Waals surface area contributed by atoms with Gasteiger partial charge in [0.05, 0.1) is 4.90 Å². The molecule has 0 heterocycles. The quantitative estimate of drug-likeness (QED) is 0.825. The second-order valence-corrected chi connectivity index (χ2v) is 9.44. The normalized spacial score (nSPS) is 24.0. The Kier molecular flexibility index (Phi) is 4.68. The maximum absolute atomic E-state index is 12.7. The predicted octanol–water partition coefficient (Wildman–Crippen LogP) is 3.71. The van der Waals surface area contributed by atoms with Crippen LogP contribution in [-0.4, -0.2) is 20.4 Å². The molecule has 2 fully saturated rings. The topological polar surface area (TPSA) is 75.3 Å². The van der Waals surface area contributed by atoms with Crippen LogP contribution in [0.25, 0.3) is 0 Å². The van der Waals surface area contributed by atoms with Gasteiger partial charge >= 0.3 is 0 Å². The number of anilines is 1. The Morgan fingerprint density at radius 1 is 1.04 bits per heavy atom. The summed E-state index contributed by atoms with van der Waals surface area (Å²) in [6.45, 7) is 1.90. The van der Waals surface area contributed by atoms with Crippen molar-refractivity contribution in [3.63, 3.8) is 0 Å². The lowest BCUT2D eigenvalue weighted by atomic mass is 9.95. The standard InChI is InChI=1S/C21H24N2O3S/c1-14-4-2-6-18(10-14)23-27(25,26)19-7-3-5-17(13-19)21(24)22-20-12-15-8-9-16(20)11-15/h2-7,10,13,15-16,20,23H,8-9,11-12H2,1H3,(H,22,24)/t15-,16-,20-/m0/s1. The summed E-state index contributed by atoms with van der Waals surface area (Å²) in [7, 11) is -3.75. The van der Waals surface area contributed by atoms with Gasteiger partial charge in [-0.15, -0.1) is 0 Å². The van der Waals surface area contributed by atoms with E-state index in [2.05, 4.69) is 10.0 Å². The van der Waals surface area contributed by atoms with Crippen molar-refractivity contribution in [2.24, 2.45) is 11.8 Å². The van der Waals surface area contributed by atoms with Crippen LogP contribution in [0.15, 0.2) is 53.4 Å². The van der Waals surface area contributed by atoms with Crippen LogP contribution in [0.4, 0.5) is 5.69 Å². The predicted molar refractivity (Wildman–Crippen MR) is 105 cm³/mol. The van der Waals surface area contributed by atoms with Gasteiger partial charge < -0.3 is 5.32 Å². The third-order valence-corrected chi connectivity index (χ3v) is 7.11. The van der Waals surface area contributed by atoms with E-state index in [1.807, 2.05) is 13.0 Å². The molecule has 27 heavy (non-hydrogen) atoms. The molecule has 3 atom stereocenters. The molecule has 2 aromatic carbocycles. The molecule has 142 valence electrons. The third-order valence-electron chi connectivity index (χ3n) is 5.73. The molecule has 1 amide bonds. The summed E-state index contributed by atoms with van der Waals surface area (Å²) in [4.78, 5) is 12.7. The Bertz CT molecular complexity index is 971. The summed E-state index contributed by atoms with van der Waals surface area (Å²) in [6, 6.07) is 13.6. The lowest BCUT2D eigenvalue weighted by molar-refractivity contribution is 0.0922. The van der Waals surface area contributed by atoms with Gasteiger partial charge in [-0.25, -0.2) is 8.42 Å². The van der Waals surface area contributed by atoms with Crippen molar-refractivity contribution in [3.8, 4) is 0 Å².